The van der Waals surface area contributed by atoms with Gasteiger partial charge in [0.1, 0.15) is 12.0 Å². The molecule has 0 fully saturated rings. The van der Waals surface area contributed by atoms with Crippen molar-refractivity contribution in [1.29, 1.82) is 0 Å². The predicted molar refractivity (Wildman–Crippen MR) is 123 cm³/mol. The second-order valence-electron chi connectivity index (χ2n) is 6.95. The molecule has 0 aromatic carbocycles. The molecule has 0 saturated heterocycles. The molecule has 8 heteroatoms. The summed E-state index contributed by atoms with van der Waals surface area (Å²) in [6.45, 7) is 0. The number of oxazole rings is 1. The zero-order valence-electron chi connectivity index (χ0n) is 16.3. The van der Waals surface area contributed by atoms with E-state index in [2.05, 4.69) is 50.6 Å². The van der Waals surface area contributed by atoms with Gasteiger partial charge in [-0.05, 0) is 41.8 Å². The normalized spacial score (nSPS) is 20.8. The van der Waals surface area contributed by atoms with Crippen LogP contribution in [0.4, 0.5) is 5.88 Å². The van der Waals surface area contributed by atoms with Crippen LogP contribution in [0.1, 0.15) is 11.6 Å². The maximum Gasteiger partial charge on any atom is 0.244 e. The topological polar surface area (TPSA) is 71.1 Å². The molecule has 5 aromatic heterocycles. The highest BCUT2D eigenvalue weighted by molar-refractivity contribution is 8.42. The Bertz CT molecular complexity index is 1300. The summed E-state index contributed by atoms with van der Waals surface area (Å²) in [5.41, 5.74) is 1.92. The molecule has 1 unspecified atom stereocenters. The molecule has 0 aliphatic carbocycles. The van der Waals surface area contributed by atoms with Crippen LogP contribution in [0, 0.1) is 0 Å². The molecule has 0 amide bonds. The van der Waals surface area contributed by atoms with Crippen molar-refractivity contribution >= 4 is 37.9 Å². The van der Waals surface area contributed by atoms with E-state index < -0.39 is 10.0 Å². The van der Waals surface area contributed by atoms with Crippen molar-refractivity contribution in [3.63, 3.8) is 0 Å². The van der Waals surface area contributed by atoms with E-state index in [9.17, 15) is 0 Å². The third-order valence-corrected chi connectivity index (χ3v) is 10.6. The summed E-state index contributed by atoms with van der Waals surface area (Å²) in [6, 6.07) is 18.4. The molecule has 5 aromatic rings. The summed E-state index contributed by atoms with van der Waals surface area (Å²) < 4.78 is 13.0. The Morgan fingerprint density at radius 1 is 0.935 bits per heavy atom. The number of aromatic nitrogens is 3. The van der Waals surface area contributed by atoms with E-state index in [0.29, 0.717) is 11.8 Å². The lowest BCUT2D eigenvalue weighted by Crippen LogP contribution is -2.20. The predicted octanol–water partition coefficient (Wildman–Crippen LogP) is 6.28. The van der Waals surface area contributed by atoms with Crippen LogP contribution in [-0.4, -0.2) is 20.8 Å². The van der Waals surface area contributed by atoms with Crippen LogP contribution in [0.3, 0.4) is 0 Å². The zero-order valence-corrected chi connectivity index (χ0v) is 18.0. The quantitative estimate of drug-likeness (QED) is 0.344. The van der Waals surface area contributed by atoms with E-state index in [0.717, 1.165) is 27.2 Å². The van der Waals surface area contributed by atoms with E-state index in [4.69, 9.17) is 13.8 Å². The third-order valence-electron chi connectivity index (χ3n) is 5.24. The molecule has 1 atom stereocenters. The van der Waals surface area contributed by atoms with E-state index >= 15 is 0 Å². The molecule has 0 spiro atoms. The number of thiophene rings is 1. The Morgan fingerprint density at radius 2 is 1.94 bits per heavy atom. The average Bonchev–Trinajstić information content (AvgIpc) is 3.64. The fraction of sp³-hybridized carbons (Fsp3) is 0.0435. The fourth-order valence-electron chi connectivity index (χ4n) is 4.00. The lowest BCUT2D eigenvalue weighted by molar-refractivity contribution is 0.534. The highest BCUT2D eigenvalue weighted by atomic mass is 32.3. The van der Waals surface area contributed by atoms with Gasteiger partial charge in [0.05, 0.1) is 38.2 Å². The maximum absolute atomic E-state index is 5.87. The van der Waals surface area contributed by atoms with Crippen molar-refractivity contribution in [2.45, 2.75) is 9.24 Å². The van der Waals surface area contributed by atoms with Gasteiger partial charge in [-0.15, -0.1) is 21.4 Å². The van der Waals surface area contributed by atoms with Gasteiger partial charge in [0, 0.05) is 18.5 Å². The molecule has 6 nitrogen and oxygen atoms in total. The van der Waals surface area contributed by atoms with Crippen molar-refractivity contribution in [1.82, 2.24) is 15.0 Å². The number of rotatable bonds is 5. The number of pyridine rings is 1. The second-order valence-corrected chi connectivity index (χ2v) is 11.2. The Balaban J connectivity index is 1.74. The molecular weight excluding hydrogens is 428 g/mol. The Labute approximate surface area is 184 Å². The highest BCUT2D eigenvalue weighted by Crippen LogP contribution is 2.76. The van der Waals surface area contributed by atoms with Gasteiger partial charge < -0.3 is 13.8 Å². The molecule has 6 rings (SSSR count). The Hall–Kier alpha value is -3.49. The Kier molecular flexibility index (Phi) is 4.33. The first kappa shape index (κ1) is 18.3. The van der Waals surface area contributed by atoms with Gasteiger partial charge in [-0.1, -0.05) is 12.1 Å². The first-order valence-electron chi connectivity index (χ1n) is 9.72. The Morgan fingerprint density at radius 3 is 2.61 bits per heavy atom. The van der Waals surface area contributed by atoms with Gasteiger partial charge in [-0.2, -0.15) is 0 Å². The molecule has 31 heavy (non-hydrogen) atoms. The van der Waals surface area contributed by atoms with Gasteiger partial charge in [-0.25, -0.2) is 4.98 Å². The van der Waals surface area contributed by atoms with Gasteiger partial charge >= 0.3 is 0 Å². The monoisotopic (exact) mass is 446 g/mol. The van der Waals surface area contributed by atoms with Crippen LogP contribution in [0.5, 0.6) is 0 Å². The lowest BCUT2D eigenvalue weighted by atomic mass is 10.3. The van der Waals surface area contributed by atoms with Gasteiger partial charge in [0.25, 0.3) is 0 Å². The van der Waals surface area contributed by atoms with Crippen molar-refractivity contribution in [2.24, 2.45) is 0 Å². The largest absolute Gasteiger partial charge is 0.448 e. The standard InChI is InChI=1S/C23H18N4O2S2/c1-2-10-25-18(7-1)31(20-9-5-15-30-20)16-27(19-8-4-13-28-19)21(23-26-12-14-29-23)22(31)17-6-3-11-24-17/h1-15,24H,16H2. The number of anilines is 1. The molecule has 0 saturated carbocycles. The summed E-state index contributed by atoms with van der Waals surface area (Å²) >= 11 is 1.75. The van der Waals surface area contributed by atoms with Crippen LogP contribution in [-0.2, 0) is 0 Å². The molecule has 1 aliphatic rings. The third kappa shape index (κ3) is 2.79. The smallest absolute Gasteiger partial charge is 0.244 e. The second kappa shape index (κ2) is 7.33. The SMILES string of the molecule is c1ccc(S2(c3cccs3)CN(c3ccco3)C(c3ncco3)=C2c2ccc[nH]2)nc1. The zero-order chi connectivity index (χ0) is 20.7. The summed E-state index contributed by atoms with van der Waals surface area (Å²) in [5.74, 6) is 1.99. The molecule has 154 valence electrons. The van der Waals surface area contributed by atoms with Gasteiger partial charge in [0.15, 0.2) is 0 Å². The molecule has 1 N–H and O–H groups in total. The number of nitrogens with zero attached hydrogens (tertiary/aromatic N) is 3. The summed E-state index contributed by atoms with van der Waals surface area (Å²) in [7, 11) is -1.77. The molecular formula is C23H18N4O2S2. The summed E-state index contributed by atoms with van der Waals surface area (Å²) in [4.78, 5) is 16.1. The van der Waals surface area contributed by atoms with Crippen molar-refractivity contribution in [3.8, 4) is 0 Å². The highest BCUT2D eigenvalue weighted by Gasteiger charge is 2.48. The number of hydrogen-bond acceptors (Lipinski definition) is 6. The molecule has 6 heterocycles. The number of H-pyrrole nitrogens is 1. The minimum absolute atomic E-state index is 0.558. The fourth-order valence-corrected chi connectivity index (χ4v) is 9.48. The maximum atomic E-state index is 5.87. The minimum Gasteiger partial charge on any atom is -0.448 e. The molecule has 1 aliphatic heterocycles. The van der Waals surface area contributed by atoms with Gasteiger partial charge in [-0.3, -0.25) is 9.88 Å². The van der Waals surface area contributed by atoms with Crippen molar-refractivity contribution < 1.29 is 8.83 Å². The van der Waals surface area contributed by atoms with Crippen LogP contribution in [0.2, 0.25) is 0 Å². The summed E-state index contributed by atoms with van der Waals surface area (Å²) in [6.07, 6.45) is 8.79. The van der Waals surface area contributed by atoms with Crippen LogP contribution in [0.15, 0.2) is 109 Å². The van der Waals surface area contributed by atoms with E-state index in [-0.39, 0.29) is 0 Å². The summed E-state index contributed by atoms with van der Waals surface area (Å²) in [5, 5.41) is 3.17. The number of furan rings is 1. The van der Waals surface area contributed by atoms with Crippen molar-refractivity contribution in [3.05, 3.63) is 103 Å². The minimum atomic E-state index is -1.77. The van der Waals surface area contributed by atoms with E-state index in [1.807, 2.05) is 36.7 Å². The van der Waals surface area contributed by atoms with Gasteiger partial charge in [0.2, 0.25) is 11.8 Å². The number of aromatic amines is 1. The first-order chi connectivity index (χ1) is 15.4. The number of nitrogens with one attached hydrogen (secondary N) is 1. The van der Waals surface area contributed by atoms with E-state index in [1.54, 1.807) is 30.1 Å². The molecule has 0 bridgehead atoms. The lowest BCUT2D eigenvalue weighted by Gasteiger charge is -2.36. The van der Waals surface area contributed by atoms with Crippen LogP contribution in [0.25, 0.3) is 10.6 Å². The van der Waals surface area contributed by atoms with Crippen molar-refractivity contribution in [2.75, 3.05) is 10.8 Å². The van der Waals surface area contributed by atoms with Crippen LogP contribution >= 0.6 is 21.4 Å². The van der Waals surface area contributed by atoms with Crippen LogP contribution < -0.4 is 4.90 Å². The average molecular weight is 447 g/mol. The van der Waals surface area contributed by atoms with E-state index in [1.165, 1.54) is 4.21 Å². The number of hydrogen-bond donors (Lipinski definition) is 1. The molecule has 0 radical (unpaired) electrons. The first-order valence-corrected chi connectivity index (χ1v) is 12.4.